The molecule has 0 heterocycles. The van der Waals surface area contributed by atoms with E-state index in [0.29, 0.717) is 6.29 Å². The molecule has 0 saturated heterocycles. The van der Waals surface area contributed by atoms with Crippen LogP contribution in [0.25, 0.3) is 0 Å². The van der Waals surface area contributed by atoms with E-state index in [0.717, 1.165) is 0 Å². The average molecular weight is 140 g/mol. The number of rotatable bonds is 2. The Balaban J connectivity index is 0. The number of thiocarbonyl (C=S) groups is 1. The molecule has 0 radical (unpaired) electrons. The van der Waals surface area contributed by atoms with E-state index in [1.165, 1.54) is 0 Å². The smallest absolute Gasteiger partial charge is 0.126 e. The van der Waals surface area contributed by atoms with E-state index >= 15 is 0 Å². The molecule has 0 aromatic heterocycles. The first-order valence-electron chi connectivity index (χ1n) is 1.49. The van der Waals surface area contributed by atoms with Gasteiger partial charge in [0.2, 0.25) is 0 Å². The van der Waals surface area contributed by atoms with Crippen LogP contribution >= 0.6 is 24.6 Å². The third-order valence-electron chi connectivity index (χ3n) is 0.285. The van der Waals surface area contributed by atoms with E-state index in [1.807, 2.05) is 0 Å². The van der Waals surface area contributed by atoms with Crippen molar-refractivity contribution in [2.24, 2.45) is 5.73 Å². The monoisotopic (exact) mass is 139 g/mol. The van der Waals surface area contributed by atoms with Crippen molar-refractivity contribution in [2.45, 2.75) is 6.42 Å². The summed E-state index contributed by atoms with van der Waals surface area (Å²) in [5.41, 5.74) is 4.90. The second kappa shape index (κ2) is 5.85. The molecule has 0 rings (SSSR count). The summed E-state index contributed by atoms with van der Waals surface area (Å²) in [4.78, 5) is 9.70. The van der Waals surface area contributed by atoms with Crippen molar-refractivity contribution in [2.75, 3.05) is 0 Å². The van der Waals surface area contributed by atoms with Gasteiger partial charge in [-0.1, -0.05) is 12.2 Å². The minimum atomic E-state index is 0. The highest BCUT2D eigenvalue weighted by atomic mass is 35.5. The van der Waals surface area contributed by atoms with Crippen LogP contribution in [0.5, 0.6) is 0 Å². The van der Waals surface area contributed by atoms with Gasteiger partial charge in [-0.15, -0.1) is 12.4 Å². The molecule has 0 aliphatic heterocycles. The van der Waals surface area contributed by atoms with Gasteiger partial charge < -0.3 is 10.5 Å². The molecule has 0 unspecified atom stereocenters. The number of hydrogen-bond donors (Lipinski definition) is 1. The van der Waals surface area contributed by atoms with Crippen molar-refractivity contribution in [3.05, 3.63) is 0 Å². The summed E-state index contributed by atoms with van der Waals surface area (Å²) in [6.45, 7) is 0. The standard InChI is InChI=1S/C3H5NOS.ClH/c4-3(6)1-2-5;/h2H,1H2,(H2,4,6);1H. The van der Waals surface area contributed by atoms with E-state index in [2.05, 4.69) is 12.2 Å². The van der Waals surface area contributed by atoms with Gasteiger partial charge in [0.05, 0.1) is 11.4 Å². The van der Waals surface area contributed by atoms with Crippen molar-refractivity contribution in [1.82, 2.24) is 0 Å². The first kappa shape index (κ1) is 9.97. The third kappa shape index (κ3) is 10.7. The highest BCUT2D eigenvalue weighted by molar-refractivity contribution is 7.80. The van der Waals surface area contributed by atoms with Gasteiger partial charge in [-0.2, -0.15) is 0 Å². The number of nitrogens with two attached hydrogens (primary N) is 1. The van der Waals surface area contributed by atoms with Crippen LogP contribution in [-0.2, 0) is 4.79 Å². The average Bonchev–Trinajstić information content (AvgIpc) is 1.35. The van der Waals surface area contributed by atoms with Gasteiger partial charge in [0.25, 0.3) is 0 Å². The second-order valence-corrected chi connectivity index (χ2v) is 1.36. The highest BCUT2D eigenvalue weighted by Gasteiger charge is 1.79. The molecule has 2 nitrogen and oxygen atoms in total. The van der Waals surface area contributed by atoms with Crippen LogP contribution in [0.4, 0.5) is 0 Å². The Hall–Kier alpha value is -0.150. The molecule has 0 aromatic rings. The van der Waals surface area contributed by atoms with Gasteiger partial charge in [-0.25, -0.2) is 0 Å². The Morgan fingerprint density at radius 2 is 2.29 bits per heavy atom. The molecule has 0 fully saturated rings. The Bertz CT molecular complexity index is 75.3. The SMILES string of the molecule is Cl.NC(=S)CC=O. The van der Waals surface area contributed by atoms with Gasteiger partial charge in [-0.3, -0.25) is 0 Å². The van der Waals surface area contributed by atoms with Crippen molar-refractivity contribution in [3.8, 4) is 0 Å². The summed E-state index contributed by atoms with van der Waals surface area (Å²) in [5.74, 6) is 0. The van der Waals surface area contributed by atoms with Gasteiger partial charge >= 0.3 is 0 Å². The first-order chi connectivity index (χ1) is 2.77. The first-order valence-corrected chi connectivity index (χ1v) is 1.90. The summed E-state index contributed by atoms with van der Waals surface area (Å²) in [6, 6.07) is 0. The minimum absolute atomic E-state index is 0. The molecule has 0 bridgehead atoms. The predicted octanol–water partition coefficient (Wildman–Crippen LogP) is 0.283. The fourth-order valence-electron chi connectivity index (χ4n) is 0.0821. The van der Waals surface area contributed by atoms with Crippen molar-refractivity contribution < 1.29 is 4.79 Å². The molecule has 0 spiro atoms. The van der Waals surface area contributed by atoms with E-state index in [9.17, 15) is 4.79 Å². The van der Waals surface area contributed by atoms with Crippen LogP contribution in [0.1, 0.15) is 6.42 Å². The largest absolute Gasteiger partial charge is 0.393 e. The van der Waals surface area contributed by atoms with Crippen LogP contribution in [-0.4, -0.2) is 11.3 Å². The van der Waals surface area contributed by atoms with Gasteiger partial charge in [-0.05, 0) is 0 Å². The lowest BCUT2D eigenvalue weighted by molar-refractivity contribution is -0.106. The molecule has 42 valence electrons. The summed E-state index contributed by atoms with van der Waals surface area (Å²) < 4.78 is 0. The maximum absolute atomic E-state index is 9.45. The Labute approximate surface area is 53.5 Å². The lowest BCUT2D eigenvalue weighted by Gasteiger charge is -1.78. The van der Waals surface area contributed by atoms with Crippen molar-refractivity contribution in [1.29, 1.82) is 0 Å². The maximum Gasteiger partial charge on any atom is 0.126 e. The van der Waals surface area contributed by atoms with Gasteiger partial charge in [0.1, 0.15) is 6.29 Å². The lowest BCUT2D eigenvalue weighted by atomic mass is 10.5. The summed E-state index contributed by atoms with van der Waals surface area (Å²) in [5, 5.41) is 0. The normalized spacial score (nSPS) is 6.29. The quantitative estimate of drug-likeness (QED) is 0.442. The number of carbonyl (C=O) groups excluding carboxylic acids is 1. The molecular formula is C3H6ClNOS. The highest BCUT2D eigenvalue weighted by Crippen LogP contribution is 1.67. The molecule has 4 heteroatoms. The van der Waals surface area contributed by atoms with Gasteiger partial charge in [0.15, 0.2) is 0 Å². The molecule has 7 heavy (non-hydrogen) atoms. The molecule has 0 aliphatic carbocycles. The van der Waals surface area contributed by atoms with Crippen LogP contribution in [0.2, 0.25) is 0 Å². The Morgan fingerprint density at radius 1 is 1.86 bits per heavy atom. The molecule has 0 saturated carbocycles. The van der Waals surface area contributed by atoms with Crippen LogP contribution in [0, 0.1) is 0 Å². The summed E-state index contributed by atoms with van der Waals surface area (Å²) in [6.07, 6.45) is 0.887. The fourth-order valence-corrected chi connectivity index (χ4v) is 0.150. The zero-order chi connectivity index (χ0) is 4.99. The van der Waals surface area contributed by atoms with Crippen LogP contribution < -0.4 is 5.73 Å². The fraction of sp³-hybridized carbons (Fsp3) is 0.333. The Kier molecular flexibility index (Phi) is 8.33. The molecule has 0 aromatic carbocycles. The zero-order valence-corrected chi connectivity index (χ0v) is 5.22. The molecule has 0 amide bonds. The van der Waals surface area contributed by atoms with Crippen LogP contribution in [0.3, 0.4) is 0 Å². The van der Waals surface area contributed by atoms with E-state index in [-0.39, 0.29) is 23.8 Å². The van der Waals surface area contributed by atoms with E-state index in [4.69, 9.17) is 5.73 Å². The van der Waals surface area contributed by atoms with E-state index < -0.39 is 0 Å². The topological polar surface area (TPSA) is 43.1 Å². The molecule has 0 aliphatic rings. The Morgan fingerprint density at radius 3 is 2.29 bits per heavy atom. The second-order valence-electron chi connectivity index (χ2n) is 0.837. The van der Waals surface area contributed by atoms with Crippen molar-refractivity contribution in [3.63, 3.8) is 0 Å². The molecule has 2 N–H and O–H groups in total. The zero-order valence-electron chi connectivity index (χ0n) is 3.59. The van der Waals surface area contributed by atoms with Crippen molar-refractivity contribution >= 4 is 35.9 Å². The van der Waals surface area contributed by atoms with E-state index in [1.54, 1.807) is 0 Å². The maximum atomic E-state index is 9.45. The minimum Gasteiger partial charge on any atom is -0.393 e. The number of aldehydes is 1. The molecule has 0 atom stereocenters. The number of halogens is 1. The number of carbonyl (C=O) groups is 1. The van der Waals surface area contributed by atoms with Crippen LogP contribution in [0.15, 0.2) is 0 Å². The van der Waals surface area contributed by atoms with Gasteiger partial charge in [0, 0.05) is 0 Å². The summed E-state index contributed by atoms with van der Waals surface area (Å²) >= 11 is 4.34. The third-order valence-corrected chi connectivity index (χ3v) is 0.451. The number of hydrogen-bond acceptors (Lipinski definition) is 2. The summed E-state index contributed by atoms with van der Waals surface area (Å²) in [7, 11) is 0. The predicted molar refractivity (Wildman–Crippen MR) is 34.7 cm³/mol. The molecular weight excluding hydrogens is 134 g/mol. The lowest BCUT2D eigenvalue weighted by Crippen LogP contribution is -2.06.